The van der Waals surface area contributed by atoms with Crippen molar-refractivity contribution in [1.29, 1.82) is 0 Å². The van der Waals surface area contributed by atoms with Crippen molar-refractivity contribution in [2.75, 3.05) is 13.6 Å². The van der Waals surface area contributed by atoms with E-state index in [2.05, 4.69) is 21.7 Å². The number of aromatic nitrogens is 3. The molecule has 0 bridgehead atoms. The van der Waals surface area contributed by atoms with Crippen LogP contribution in [0.3, 0.4) is 0 Å². The van der Waals surface area contributed by atoms with Crippen LogP contribution < -0.4 is 0 Å². The molecule has 1 amide bonds. The fraction of sp³-hybridized carbons (Fsp3) is 0.526. The smallest absolute Gasteiger partial charge is 0.235 e. The minimum atomic E-state index is -0.0586. The molecule has 0 N–H and O–H groups in total. The number of rotatable bonds is 8. The van der Waals surface area contributed by atoms with E-state index in [1.165, 1.54) is 19.3 Å². The number of benzene rings is 1. The van der Waals surface area contributed by atoms with Crippen LogP contribution in [-0.4, -0.2) is 44.4 Å². The lowest BCUT2D eigenvalue weighted by Gasteiger charge is -2.13. The maximum absolute atomic E-state index is 12.3. The molecule has 1 aromatic heterocycles. The average Bonchev–Trinajstić information content (AvgIpc) is 3.18. The van der Waals surface area contributed by atoms with Gasteiger partial charge in [0.1, 0.15) is 0 Å². The first-order chi connectivity index (χ1) is 12.6. The number of thioether (sulfide) groups is 1. The summed E-state index contributed by atoms with van der Waals surface area (Å²) >= 11 is 7.56. The zero-order valence-electron chi connectivity index (χ0n) is 15.3. The van der Waals surface area contributed by atoms with Crippen molar-refractivity contribution in [2.45, 2.75) is 56.0 Å². The fourth-order valence-corrected chi connectivity index (χ4v) is 4.39. The van der Waals surface area contributed by atoms with Gasteiger partial charge in [-0.2, -0.15) is 0 Å². The van der Waals surface area contributed by atoms with Crippen molar-refractivity contribution in [2.24, 2.45) is 0 Å². The molecule has 7 heteroatoms. The van der Waals surface area contributed by atoms with E-state index >= 15 is 0 Å². The van der Waals surface area contributed by atoms with Crippen molar-refractivity contribution in [3.63, 3.8) is 0 Å². The van der Waals surface area contributed by atoms with Crippen LogP contribution in [0, 0.1) is 0 Å². The molecule has 0 radical (unpaired) electrons. The van der Waals surface area contributed by atoms with E-state index in [0.29, 0.717) is 5.02 Å². The molecule has 5 nitrogen and oxygen atoms in total. The van der Waals surface area contributed by atoms with Gasteiger partial charge in [0, 0.05) is 30.7 Å². The summed E-state index contributed by atoms with van der Waals surface area (Å²) in [5, 5.41) is 10.3. The number of likely N-dealkylation sites (tertiary alicyclic amines) is 1. The predicted molar refractivity (Wildman–Crippen MR) is 107 cm³/mol. The Labute approximate surface area is 164 Å². The second kappa shape index (κ2) is 8.91. The van der Waals surface area contributed by atoms with Gasteiger partial charge in [-0.05, 0) is 37.1 Å². The standard InChI is InChI=1S/C19H25ClN4OS/c1-3-4-5-6-12-24-17(14-7-9-15(20)10-8-14)21-22-19(24)26-16-11-13-23(2)18(16)25/h7-10,16H,3-6,11-13H2,1-2H3. The third-order valence-electron chi connectivity index (χ3n) is 4.68. The highest BCUT2D eigenvalue weighted by Gasteiger charge is 2.31. The molecule has 0 saturated carbocycles. The SMILES string of the molecule is CCCCCCn1c(SC2CCN(C)C2=O)nnc1-c1ccc(Cl)cc1. The number of amides is 1. The molecule has 1 aliphatic heterocycles. The molecule has 1 fully saturated rings. The van der Waals surface area contributed by atoms with Crippen LogP contribution in [0.25, 0.3) is 11.4 Å². The first kappa shape index (κ1) is 19.2. The van der Waals surface area contributed by atoms with Crippen molar-refractivity contribution < 1.29 is 4.79 Å². The third kappa shape index (κ3) is 4.41. The molecule has 1 aliphatic rings. The zero-order valence-corrected chi connectivity index (χ0v) is 16.9. The molecule has 1 unspecified atom stereocenters. The lowest BCUT2D eigenvalue weighted by Crippen LogP contribution is -2.24. The first-order valence-electron chi connectivity index (χ1n) is 9.21. The normalized spacial score (nSPS) is 17.3. The highest BCUT2D eigenvalue weighted by molar-refractivity contribution is 8.00. The van der Waals surface area contributed by atoms with E-state index in [1.807, 2.05) is 31.3 Å². The number of halogens is 1. The summed E-state index contributed by atoms with van der Waals surface area (Å²) in [6.07, 6.45) is 5.56. The summed E-state index contributed by atoms with van der Waals surface area (Å²) in [5.41, 5.74) is 0.999. The van der Waals surface area contributed by atoms with E-state index in [4.69, 9.17) is 11.6 Å². The van der Waals surface area contributed by atoms with Crippen LogP contribution >= 0.6 is 23.4 Å². The topological polar surface area (TPSA) is 51.0 Å². The average molecular weight is 393 g/mol. The molecule has 140 valence electrons. The fourth-order valence-electron chi connectivity index (χ4n) is 3.11. The largest absolute Gasteiger partial charge is 0.345 e. The summed E-state index contributed by atoms with van der Waals surface area (Å²) in [7, 11) is 1.86. The molecular formula is C19H25ClN4OS. The molecule has 2 heterocycles. The maximum Gasteiger partial charge on any atom is 0.235 e. The van der Waals surface area contributed by atoms with Gasteiger partial charge in [-0.3, -0.25) is 4.79 Å². The molecule has 1 saturated heterocycles. The monoisotopic (exact) mass is 392 g/mol. The van der Waals surface area contributed by atoms with E-state index in [1.54, 1.807) is 16.7 Å². The van der Waals surface area contributed by atoms with Gasteiger partial charge in [0.05, 0.1) is 5.25 Å². The summed E-state index contributed by atoms with van der Waals surface area (Å²) in [5.74, 6) is 1.03. The zero-order chi connectivity index (χ0) is 18.5. The molecule has 0 aliphatic carbocycles. The van der Waals surface area contributed by atoms with Crippen molar-refractivity contribution in [1.82, 2.24) is 19.7 Å². The molecule has 3 rings (SSSR count). The quantitative estimate of drug-likeness (QED) is 0.620. The van der Waals surface area contributed by atoms with Crippen molar-refractivity contribution in [3.8, 4) is 11.4 Å². The summed E-state index contributed by atoms with van der Waals surface area (Å²) < 4.78 is 2.16. The number of carbonyl (C=O) groups is 1. The minimum absolute atomic E-state index is 0.0586. The lowest BCUT2D eigenvalue weighted by molar-refractivity contribution is -0.126. The number of hydrogen-bond donors (Lipinski definition) is 0. The summed E-state index contributed by atoms with van der Waals surface area (Å²) in [6.45, 7) is 3.89. The Hall–Kier alpha value is -1.53. The van der Waals surface area contributed by atoms with Gasteiger partial charge in [0.25, 0.3) is 0 Å². The van der Waals surface area contributed by atoms with Crippen LogP contribution in [0.15, 0.2) is 29.4 Å². The molecule has 26 heavy (non-hydrogen) atoms. The van der Waals surface area contributed by atoms with Crippen molar-refractivity contribution in [3.05, 3.63) is 29.3 Å². The van der Waals surface area contributed by atoms with Gasteiger partial charge >= 0.3 is 0 Å². The number of hydrogen-bond acceptors (Lipinski definition) is 4. The minimum Gasteiger partial charge on any atom is -0.345 e. The van der Waals surface area contributed by atoms with E-state index in [0.717, 1.165) is 42.5 Å². The number of unbranched alkanes of at least 4 members (excludes halogenated alkanes) is 3. The Bertz CT molecular complexity index is 746. The Kier molecular flexibility index (Phi) is 6.59. The van der Waals surface area contributed by atoms with Crippen LogP contribution in [0.5, 0.6) is 0 Å². The lowest BCUT2D eigenvalue weighted by atomic mass is 10.2. The summed E-state index contributed by atoms with van der Waals surface area (Å²) in [4.78, 5) is 14.1. The Morgan fingerprint density at radius 3 is 2.62 bits per heavy atom. The van der Waals surface area contributed by atoms with Gasteiger partial charge in [0.2, 0.25) is 5.91 Å². The second-order valence-electron chi connectivity index (χ2n) is 6.68. The van der Waals surface area contributed by atoms with Gasteiger partial charge < -0.3 is 9.47 Å². The molecule has 1 aromatic carbocycles. The molecular weight excluding hydrogens is 368 g/mol. The van der Waals surface area contributed by atoms with E-state index in [9.17, 15) is 4.79 Å². The van der Waals surface area contributed by atoms with Gasteiger partial charge in [-0.15, -0.1) is 10.2 Å². The Morgan fingerprint density at radius 1 is 1.19 bits per heavy atom. The van der Waals surface area contributed by atoms with Crippen molar-refractivity contribution >= 4 is 29.3 Å². The van der Waals surface area contributed by atoms with Crippen LogP contribution in [0.4, 0.5) is 0 Å². The molecule has 0 spiro atoms. The highest BCUT2D eigenvalue weighted by atomic mass is 35.5. The predicted octanol–water partition coefficient (Wildman–Crippen LogP) is 4.50. The van der Waals surface area contributed by atoms with E-state index in [-0.39, 0.29) is 11.2 Å². The highest BCUT2D eigenvalue weighted by Crippen LogP contribution is 2.32. The Balaban J connectivity index is 1.83. The van der Waals surface area contributed by atoms with Crippen LogP contribution in [0.1, 0.15) is 39.0 Å². The van der Waals surface area contributed by atoms with Crippen LogP contribution in [0.2, 0.25) is 5.02 Å². The first-order valence-corrected chi connectivity index (χ1v) is 10.5. The summed E-state index contributed by atoms with van der Waals surface area (Å²) in [6, 6.07) is 7.68. The van der Waals surface area contributed by atoms with Gasteiger partial charge in [0.15, 0.2) is 11.0 Å². The number of carbonyl (C=O) groups excluding carboxylic acids is 1. The van der Waals surface area contributed by atoms with Crippen LogP contribution in [-0.2, 0) is 11.3 Å². The molecule has 1 atom stereocenters. The maximum atomic E-state index is 12.3. The van der Waals surface area contributed by atoms with E-state index < -0.39 is 0 Å². The van der Waals surface area contributed by atoms with Gasteiger partial charge in [-0.25, -0.2) is 0 Å². The Morgan fingerprint density at radius 2 is 1.96 bits per heavy atom. The number of nitrogens with zero attached hydrogens (tertiary/aromatic N) is 4. The third-order valence-corrected chi connectivity index (χ3v) is 6.17. The van der Waals surface area contributed by atoms with Gasteiger partial charge in [-0.1, -0.05) is 49.5 Å². The second-order valence-corrected chi connectivity index (χ2v) is 8.29. The molecule has 2 aromatic rings.